The molecule has 0 spiro atoms. The highest BCUT2D eigenvalue weighted by atomic mass is 16.2. The van der Waals surface area contributed by atoms with Crippen molar-refractivity contribution in [2.24, 2.45) is 5.73 Å². The maximum Gasteiger partial charge on any atom is 0.239 e. The Hall–Kier alpha value is -1.35. The van der Waals surface area contributed by atoms with Crippen molar-refractivity contribution < 1.29 is 4.79 Å². The molecule has 1 atom stereocenters. The van der Waals surface area contributed by atoms with Gasteiger partial charge in [0.05, 0.1) is 6.04 Å². The van der Waals surface area contributed by atoms with Crippen LogP contribution in [0.3, 0.4) is 0 Å². The molecule has 1 amide bonds. The maximum atomic E-state index is 11.8. The number of hydrogen-bond acceptors (Lipinski definition) is 2. The summed E-state index contributed by atoms with van der Waals surface area (Å²) in [6.07, 6.45) is 2.80. The number of carbonyl (C=O) groups excluding carboxylic acids is 1. The van der Waals surface area contributed by atoms with Gasteiger partial charge in [0, 0.05) is 12.6 Å². The molecule has 0 bridgehead atoms. The second-order valence-corrected chi connectivity index (χ2v) is 4.76. The Morgan fingerprint density at radius 1 is 1.19 bits per heavy atom. The van der Waals surface area contributed by atoms with Gasteiger partial charge >= 0.3 is 0 Å². The number of nitrogens with two attached hydrogens (primary N) is 1. The number of likely N-dealkylation sites (tertiary alicyclic amines) is 1. The van der Waals surface area contributed by atoms with Crippen molar-refractivity contribution >= 4 is 5.91 Å². The SMILES string of the molecule is NC1CCN(C2Cc3ccccc3C2)C1=O. The summed E-state index contributed by atoms with van der Waals surface area (Å²) in [4.78, 5) is 13.8. The highest BCUT2D eigenvalue weighted by Gasteiger charge is 2.36. The zero-order chi connectivity index (χ0) is 11.1. The van der Waals surface area contributed by atoms with E-state index in [9.17, 15) is 4.79 Å². The summed E-state index contributed by atoms with van der Waals surface area (Å²) in [7, 11) is 0. The Morgan fingerprint density at radius 2 is 1.81 bits per heavy atom. The highest BCUT2D eigenvalue weighted by Crippen LogP contribution is 2.27. The molecule has 1 aliphatic carbocycles. The van der Waals surface area contributed by atoms with E-state index in [-0.39, 0.29) is 11.9 Å². The number of fused-ring (bicyclic) bond motifs is 1. The third-order valence-corrected chi connectivity index (χ3v) is 3.75. The second-order valence-electron chi connectivity index (χ2n) is 4.76. The molecule has 1 fully saturated rings. The van der Waals surface area contributed by atoms with Crippen LogP contribution in [0.5, 0.6) is 0 Å². The molecule has 1 heterocycles. The van der Waals surface area contributed by atoms with E-state index >= 15 is 0 Å². The van der Waals surface area contributed by atoms with E-state index in [1.165, 1.54) is 11.1 Å². The van der Waals surface area contributed by atoms with Crippen LogP contribution in [0.15, 0.2) is 24.3 Å². The van der Waals surface area contributed by atoms with Crippen molar-refractivity contribution in [1.29, 1.82) is 0 Å². The van der Waals surface area contributed by atoms with E-state index in [1.807, 2.05) is 4.90 Å². The molecule has 3 nitrogen and oxygen atoms in total. The minimum atomic E-state index is -0.260. The van der Waals surface area contributed by atoms with Gasteiger partial charge in [-0.05, 0) is 30.4 Å². The lowest BCUT2D eigenvalue weighted by molar-refractivity contribution is -0.130. The molecule has 2 aliphatic rings. The van der Waals surface area contributed by atoms with Gasteiger partial charge in [0.1, 0.15) is 0 Å². The van der Waals surface area contributed by atoms with Gasteiger partial charge in [0.15, 0.2) is 0 Å². The summed E-state index contributed by atoms with van der Waals surface area (Å²) >= 11 is 0. The fourth-order valence-electron chi connectivity index (χ4n) is 2.84. The summed E-state index contributed by atoms with van der Waals surface area (Å²) in [5.41, 5.74) is 8.53. The number of carbonyl (C=O) groups is 1. The Labute approximate surface area is 95.2 Å². The largest absolute Gasteiger partial charge is 0.338 e. The molecule has 0 radical (unpaired) electrons. The summed E-state index contributed by atoms with van der Waals surface area (Å²) in [5, 5.41) is 0. The molecule has 2 N–H and O–H groups in total. The monoisotopic (exact) mass is 216 g/mol. The van der Waals surface area contributed by atoms with Crippen molar-refractivity contribution in [2.45, 2.75) is 31.3 Å². The molecular formula is C13H16N2O. The molecule has 1 unspecified atom stereocenters. The van der Waals surface area contributed by atoms with Gasteiger partial charge in [0.2, 0.25) is 5.91 Å². The minimum Gasteiger partial charge on any atom is -0.338 e. The third kappa shape index (κ3) is 1.43. The van der Waals surface area contributed by atoms with Crippen LogP contribution in [0.25, 0.3) is 0 Å². The van der Waals surface area contributed by atoms with Crippen molar-refractivity contribution in [1.82, 2.24) is 4.90 Å². The van der Waals surface area contributed by atoms with Crippen LogP contribution >= 0.6 is 0 Å². The average Bonchev–Trinajstić information content (AvgIpc) is 2.84. The van der Waals surface area contributed by atoms with Gasteiger partial charge in [-0.3, -0.25) is 4.79 Å². The topological polar surface area (TPSA) is 46.3 Å². The summed E-state index contributed by atoms with van der Waals surface area (Å²) in [6, 6.07) is 8.55. The third-order valence-electron chi connectivity index (χ3n) is 3.75. The molecule has 3 rings (SSSR count). The molecule has 0 aromatic heterocycles. The number of amides is 1. The van der Waals surface area contributed by atoms with Gasteiger partial charge in [-0.25, -0.2) is 0 Å². The van der Waals surface area contributed by atoms with Crippen molar-refractivity contribution in [3.63, 3.8) is 0 Å². The molecule has 1 saturated heterocycles. The lowest BCUT2D eigenvalue weighted by atomic mass is 10.1. The molecule has 84 valence electrons. The number of rotatable bonds is 1. The van der Waals surface area contributed by atoms with E-state index in [4.69, 9.17) is 5.73 Å². The Morgan fingerprint density at radius 3 is 2.31 bits per heavy atom. The first-order valence-corrected chi connectivity index (χ1v) is 5.88. The van der Waals surface area contributed by atoms with Crippen LogP contribution in [0.1, 0.15) is 17.5 Å². The molecular weight excluding hydrogens is 200 g/mol. The zero-order valence-electron chi connectivity index (χ0n) is 9.23. The second kappa shape index (κ2) is 3.59. The van der Waals surface area contributed by atoms with E-state index in [0.717, 1.165) is 25.8 Å². The molecule has 16 heavy (non-hydrogen) atoms. The maximum absolute atomic E-state index is 11.8. The first-order chi connectivity index (χ1) is 7.75. The van der Waals surface area contributed by atoms with Crippen LogP contribution in [-0.2, 0) is 17.6 Å². The minimum absolute atomic E-state index is 0.137. The van der Waals surface area contributed by atoms with Gasteiger partial charge < -0.3 is 10.6 Å². The van der Waals surface area contributed by atoms with Crippen molar-refractivity contribution in [3.8, 4) is 0 Å². The number of nitrogens with zero attached hydrogens (tertiary/aromatic N) is 1. The normalized spacial score (nSPS) is 25.2. The number of hydrogen-bond donors (Lipinski definition) is 1. The lowest BCUT2D eigenvalue weighted by Gasteiger charge is -2.23. The van der Waals surface area contributed by atoms with Crippen molar-refractivity contribution in [2.75, 3.05) is 6.54 Å². The Balaban J connectivity index is 1.79. The van der Waals surface area contributed by atoms with Gasteiger partial charge in [-0.15, -0.1) is 0 Å². The molecule has 1 aliphatic heterocycles. The summed E-state index contributed by atoms with van der Waals surface area (Å²) in [5.74, 6) is 0.137. The summed E-state index contributed by atoms with van der Waals surface area (Å²) < 4.78 is 0. The fourth-order valence-corrected chi connectivity index (χ4v) is 2.84. The molecule has 3 heteroatoms. The van der Waals surface area contributed by atoms with Crippen molar-refractivity contribution in [3.05, 3.63) is 35.4 Å². The quantitative estimate of drug-likeness (QED) is 0.751. The molecule has 0 saturated carbocycles. The van der Waals surface area contributed by atoms with Crippen LogP contribution in [0, 0.1) is 0 Å². The van der Waals surface area contributed by atoms with E-state index in [2.05, 4.69) is 24.3 Å². The predicted molar refractivity (Wildman–Crippen MR) is 61.9 cm³/mol. The van der Waals surface area contributed by atoms with Crippen LogP contribution in [0.2, 0.25) is 0 Å². The van der Waals surface area contributed by atoms with E-state index < -0.39 is 0 Å². The Kier molecular flexibility index (Phi) is 2.21. The Bertz CT molecular complexity index is 405. The lowest BCUT2D eigenvalue weighted by Crippen LogP contribution is -2.41. The summed E-state index contributed by atoms with van der Waals surface area (Å²) in [6.45, 7) is 0.832. The van der Waals surface area contributed by atoms with Crippen LogP contribution in [0.4, 0.5) is 0 Å². The van der Waals surface area contributed by atoms with Crippen LogP contribution < -0.4 is 5.73 Å². The highest BCUT2D eigenvalue weighted by molar-refractivity contribution is 5.84. The first kappa shape index (κ1) is 9.85. The predicted octanol–water partition coefficient (Wildman–Crippen LogP) is 0.713. The smallest absolute Gasteiger partial charge is 0.239 e. The standard InChI is InChI=1S/C13H16N2O/c14-12-5-6-15(13(12)16)11-7-9-3-1-2-4-10(9)8-11/h1-4,11-12H,5-8,14H2. The average molecular weight is 216 g/mol. The fraction of sp³-hybridized carbons (Fsp3) is 0.462. The molecule has 1 aromatic carbocycles. The zero-order valence-corrected chi connectivity index (χ0v) is 9.23. The van der Waals surface area contributed by atoms with Gasteiger partial charge in [-0.2, -0.15) is 0 Å². The molecule has 1 aromatic rings. The van der Waals surface area contributed by atoms with Crippen LogP contribution in [-0.4, -0.2) is 29.4 Å². The van der Waals surface area contributed by atoms with Gasteiger partial charge in [-0.1, -0.05) is 24.3 Å². The first-order valence-electron chi connectivity index (χ1n) is 5.88. The van der Waals surface area contributed by atoms with Gasteiger partial charge in [0.25, 0.3) is 0 Å². The van der Waals surface area contributed by atoms with E-state index in [1.54, 1.807) is 0 Å². The number of benzene rings is 1. The van der Waals surface area contributed by atoms with E-state index in [0.29, 0.717) is 6.04 Å².